The molecule has 0 radical (unpaired) electrons. The summed E-state index contributed by atoms with van der Waals surface area (Å²) in [7, 11) is 0. The molecule has 0 N–H and O–H groups in total. The van der Waals surface area contributed by atoms with Gasteiger partial charge in [0.05, 0.1) is 0 Å². The molecule has 0 bridgehead atoms. The number of hydrogen-bond donors (Lipinski definition) is 0. The van der Waals surface area contributed by atoms with Crippen LogP contribution < -0.4 is 4.90 Å². The molecule has 4 rings (SSSR count). The average Bonchev–Trinajstić information content (AvgIpc) is 2.75. The van der Waals surface area contributed by atoms with Gasteiger partial charge in [-0.05, 0) is 31.4 Å². The summed E-state index contributed by atoms with van der Waals surface area (Å²) in [6.45, 7) is 9.91. The summed E-state index contributed by atoms with van der Waals surface area (Å²) in [6.07, 6.45) is 8.83. The summed E-state index contributed by atoms with van der Waals surface area (Å²) in [6, 6.07) is 13.2. The number of nitrogens with zero attached hydrogens (tertiary/aromatic N) is 5. The maximum absolute atomic E-state index is 4.58. The fraction of sp³-hybridized carbons (Fsp3) is 0.478. The maximum Gasteiger partial charge on any atom is 0.225 e. The van der Waals surface area contributed by atoms with Crippen LogP contribution in [-0.2, 0) is 0 Å². The molecule has 5 nitrogen and oxygen atoms in total. The monoisotopic (exact) mass is 377 g/mol. The van der Waals surface area contributed by atoms with Gasteiger partial charge in [0.1, 0.15) is 0 Å². The molecule has 3 heterocycles. The molecule has 5 heteroatoms. The first-order valence-corrected chi connectivity index (χ1v) is 10.5. The summed E-state index contributed by atoms with van der Waals surface area (Å²) in [4.78, 5) is 16.6. The van der Waals surface area contributed by atoms with E-state index in [1.54, 1.807) is 0 Å². The molecule has 2 aliphatic heterocycles. The number of piperidine rings is 1. The van der Waals surface area contributed by atoms with Crippen LogP contribution in [0.3, 0.4) is 0 Å². The number of piperazine rings is 1. The van der Waals surface area contributed by atoms with Gasteiger partial charge in [0.25, 0.3) is 0 Å². The average molecular weight is 378 g/mol. The molecule has 0 amide bonds. The number of aromatic nitrogens is 2. The minimum atomic E-state index is 0.711. The predicted octanol–water partition coefficient (Wildman–Crippen LogP) is 3.08. The quantitative estimate of drug-likeness (QED) is 0.800. The Morgan fingerprint density at radius 1 is 0.964 bits per heavy atom. The first-order chi connectivity index (χ1) is 13.8. The molecule has 2 aromatic rings. The van der Waals surface area contributed by atoms with Crippen LogP contribution in [0, 0.1) is 6.92 Å². The van der Waals surface area contributed by atoms with Gasteiger partial charge in [-0.3, -0.25) is 9.80 Å². The fourth-order valence-corrected chi connectivity index (χ4v) is 4.23. The minimum Gasteiger partial charge on any atom is -0.341 e. The van der Waals surface area contributed by atoms with Gasteiger partial charge >= 0.3 is 0 Å². The van der Waals surface area contributed by atoms with Crippen molar-refractivity contribution in [2.75, 3.05) is 50.7 Å². The molecule has 0 saturated carbocycles. The second kappa shape index (κ2) is 9.30. The molecule has 1 aromatic carbocycles. The zero-order valence-electron chi connectivity index (χ0n) is 16.9. The van der Waals surface area contributed by atoms with Crippen LogP contribution in [0.15, 0.2) is 48.7 Å². The van der Waals surface area contributed by atoms with Crippen molar-refractivity contribution < 1.29 is 0 Å². The summed E-state index contributed by atoms with van der Waals surface area (Å²) in [5.74, 6) is 0.897. The van der Waals surface area contributed by atoms with Gasteiger partial charge in [0.2, 0.25) is 5.95 Å². The van der Waals surface area contributed by atoms with E-state index in [4.69, 9.17) is 0 Å². The molecule has 1 aromatic heterocycles. The highest BCUT2D eigenvalue weighted by molar-refractivity contribution is 5.48. The van der Waals surface area contributed by atoms with Crippen LogP contribution in [0.4, 0.5) is 5.95 Å². The molecule has 2 saturated heterocycles. The Kier molecular flexibility index (Phi) is 6.34. The number of aryl methyl sites for hydroxylation is 1. The van der Waals surface area contributed by atoms with Gasteiger partial charge in [-0.1, -0.05) is 42.5 Å². The summed E-state index contributed by atoms with van der Waals surface area (Å²) in [5.41, 5.74) is 2.33. The lowest BCUT2D eigenvalue weighted by molar-refractivity contribution is 0.0909. The van der Waals surface area contributed by atoms with Crippen molar-refractivity contribution in [2.24, 2.45) is 0 Å². The van der Waals surface area contributed by atoms with E-state index in [9.17, 15) is 0 Å². The molecule has 148 valence electrons. The van der Waals surface area contributed by atoms with Crippen molar-refractivity contribution in [3.8, 4) is 0 Å². The Hall–Kier alpha value is -2.24. The molecular formula is C23H31N5. The van der Waals surface area contributed by atoms with Crippen molar-refractivity contribution in [2.45, 2.75) is 25.8 Å². The van der Waals surface area contributed by atoms with Gasteiger partial charge in [-0.25, -0.2) is 9.97 Å². The van der Waals surface area contributed by atoms with E-state index < -0.39 is 0 Å². The minimum absolute atomic E-state index is 0.711. The summed E-state index contributed by atoms with van der Waals surface area (Å²) in [5, 5.41) is 0. The van der Waals surface area contributed by atoms with Crippen LogP contribution in [0.1, 0.15) is 24.1 Å². The van der Waals surface area contributed by atoms with Crippen LogP contribution in [-0.4, -0.2) is 71.6 Å². The lowest BCUT2D eigenvalue weighted by Gasteiger charge is -2.42. The smallest absolute Gasteiger partial charge is 0.225 e. The van der Waals surface area contributed by atoms with Crippen LogP contribution in [0.25, 0.3) is 6.08 Å². The summed E-state index contributed by atoms with van der Waals surface area (Å²) < 4.78 is 0. The van der Waals surface area contributed by atoms with Gasteiger partial charge < -0.3 is 4.90 Å². The van der Waals surface area contributed by atoms with Crippen molar-refractivity contribution in [1.29, 1.82) is 0 Å². The van der Waals surface area contributed by atoms with Gasteiger partial charge in [-0.2, -0.15) is 0 Å². The lowest BCUT2D eigenvalue weighted by Crippen LogP contribution is -2.53. The van der Waals surface area contributed by atoms with Crippen molar-refractivity contribution in [3.63, 3.8) is 0 Å². The first kappa shape index (κ1) is 19.1. The number of hydrogen-bond acceptors (Lipinski definition) is 5. The predicted molar refractivity (Wildman–Crippen MR) is 115 cm³/mol. The zero-order chi connectivity index (χ0) is 19.2. The Morgan fingerprint density at radius 3 is 2.43 bits per heavy atom. The lowest BCUT2D eigenvalue weighted by atomic mass is 10.0. The van der Waals surface area contributed by atoms with Crippen LogP contribution in [0.2, 0.25) is 0 Å². The van der Waals surface area contributed by atoms with Crippen LogP contribution in [0.5, 0.6) is 0 Å². The second-order valence-electron chi connectivity index (χ2n) is 7.87. The molecule has 0 spiro atoms. The van der Waals surface area contributed by atoms with E-state index in [0.717, 1.165) is 31.3 Å². The topological polar surface area (TPSA) is 35.5 Å². The molecule has 2 fully saturated rings. The van der Waals surface area contributed by atoms with E-state index in [0.29, 0.717) is 6.04 Å². The Balaban J connectivity index is 1.20. The van der Waals surface area contributed by atoms with Crippen molar-refractivity contribution in [3.05, 3.63) is 59.9 Å². The Labute approximate surface area is 168 Å². The maximum atomic E-state index is 4.58. The first-order valence-electron chi connectivity index (χ1n) is 10.5. The standard InChI is InChI=1S/C23H31N5/c1-20-9-12-24-23(25-20)28-14-10-22(11-15-28)27-18-16-26(17-19-27)13-5-8-21-6-3-2-4-7-21/h2-9,12,22H,10-11,13-19H2,1H3. The number of benzene rings is 1. The van der Waals surface area contributed by atoms with E-state index in [-0.39, 0.29) is 0 Å². The van der Waals surface area contributed by atoms with Gasteiger partial charge in [0.15, 0.2) is 0 Å². The molecule has 0 atom stereocenters. The molecule has 0 unspecified atom stereocenters. The summed E-state index contributed by atoms with van der Waals surface area (Å²) >= 11 is 0. The van der Waals surface area contributed by atoms with Gasteiger partial charge in [0, 0.05) is 63.7 Å². The number of rotatable bonds is 5. The van der Waals surface area contributed by atoms with Crippen molar-refractivity contribution in [1.82, 2.24) is 19.8 Å². The largest absolute Gasteiger partial charge is 0.341 e. The second-order valence-corrected chi connectivity index (χ2v) is 7.87. The van der Waals surface area contributed by atoms with Crippen molar-refractivity contribution >= 4 is 12.0 Å². The van der Waals surface area contributed by atoms with E-state index >= 15 is 0 Å². The Bertz CT molecular complexity index is 760. The van der Waals surface area contributed by atoms with E-state index in [1.165, 1.54) is 44.6 Å². The van der Waals surface area contributed by atoms with E-state index in [1.807, 2.05) is 19.2 Å². The SMILES string of the molecule is Cc1ccnc(N2CCC(N3CCN(CC=Cc4ccccc4)CC3)CC2)n1. The molecule has 2 aliphatic rings. The third-order valence-corrected chi connectivity index (χ3v) is 5.93. The molecule has 0 aliphatic carbocycles. The third-order valence-electron chi connectivity index (χ3n) is 5.93. The zero-order valence-corrected chi connectivity index (χ0v) is 16.9. The number of anilines is 1. The normalized spacial score (nSPS) is 20.1. The highest BCUT2D eigenvalue weighted by Crippen LogP contribution is 2.21. The van der Waals surface area contributed by atoms with E-state index in [2.05, 4.69) is 67.2 Å². The molecule has 28 heavy (non-hydrogen) atoms. The highest BCUT2D eigenvalue weighted by Gasteiger charge is 2.27. The fourth-order valence-electron chi connectivity index (χ4n) is 4.23. The third kappa shape index (κ3) is 4.97. The van der Waals surface area contributed by atoms with Crippen LogP contribution >= 0.6 is 0 Å². The highest BCUT2D eigenvalue weighted by atomic mass is 15.3. The van der Waals surface area contributed by atoms with Gasteiger partial charge in [-0.15, -0.1) is 0 Å². The molecular weight excluding hydrogens is 346 g/mol. The Morgan fingerprint density at radius 2 is 1.71 bits per heavy atom.